The Morgan fingerprint density at radius 2 is 0.610 bits per heavy atom. The Hall–Kier alpha value is -13.3. The molecule has 0 bridgehead atoms. The average Bonchev–Trinajstić information content (AvgIpc) is 1.03. The van der Waals surface area contributed by atoms with Crippen LogP contribution >= 0.6 is 0 Å². The highest BCUT2D eigenvalue weighted by Crippen LogP contribution is 2.42. The number of pyridine rings is 5. The smallest absolute Gasteiger partial charge is 0.220 e. The largest absolute Gasteiger partial charge is 0.238 e. The van der Waals surface area contributed by atoms with Crippen molar-refractivity contribution in [2.75, 3.05) is 0 Å². The van der Waals surface area contributed by atoms with Crippen molar-refractivity contribution in [1.29, 1.82) is 0 Å². The molecule has 1 aliphatic carbocycles. The molecule has 1 fully saturated rings. The maximum atomic E-state index is 7.28. The Balaban J connectivity index is 0.000000136. The second kappa shape index (κ2) is 35.4. The molecule has 16 rings (SSSR count). The Bertz CT molecular complexity index is 6720. The van der Waals surface area contributed by atoms with Crippen LogP contribution < -0.4 is 22.8 Å². The lowest BCUT2D eigenvalue weighted by Gasteiger charge is -2.22. The van der Waals surface area contributed by atoms with Crippen LogP contribution in [-0.4, -0.2) is 0 Å². The van der Waals surface area contributed by atoms with E-state index in [0.717, 1.165) is 26.9 Å². The second-order valence-electron chi connectivity index (χ2n) is 33.7. The average molecular weight is 1550 g/mol. The first-order chi connectivity index (χ1) is 56.3. The van der Waals surface area contributed by atoms with Crippen LogP contribution in [0, 0.1) is 109 Å². The zero-order valence-electron chi connectivity index (χ0n) is 72.7. The lowest BCUT2D eigenvalue weighted by Crippen LogP contribution is -2.31. The molecule has 0 atom stereocenters. The minimum atomic E-state index is 0.105. The van der Waals surface area contributed by atoms with Gasteiger partial charge in [0, 0.05) is 35.9 Å². The number of benzene rings is 10. The molecule has 0 radical (unpaired) electrons. The second-order valence-corrected chi connectivity index (χ2v) is 33.7. The number of aromatic nitrogens is 5. The van der Waals surface area contributed by atoms with Crippen molar-refractivity contribution in [1.82, 2.24) is 0 Å². The zero-order valence-corrected chi connectivity index (χ0v) is 72.7. The van der Waals surface area contributed by atoms with Gasteiger partial charge in [-0.3, -0.25) is 0 Å². The number of fused-ring (bicyclic) bond motifs is 5. The molecule has 15 aromatic rings. The standard InChI is InChI=1S/C24H25N2.C23H25N2.C22H23N2.C20H19N2.C19H17N2/c1-16-13-20(18-7-5-6-8-18)15-23(17(16)2)24-22-10-9-21(25-3)14-19(22)11-12-26(24)4;1-15-12-18(23(3,4)5)14-21(16(15)2)22-20-9-8-19(24-6)13-17(20)10-11-25(22)7;1-14(2)18-11-15(3)16(4)21(13-18)22-20-8-7-19(23-5)12-17(20)9-10-24(22)6;1-13-10-14(2)15(3)19(11-13)20-18-7-6-17(21-4)12-16(18)8-9-22(20)5;1-13-5-6-14(2)18(11-13)19-17-8-7-16(20-3)12-15(17)9-10-21(19)4/h9-15,18H,5-8H2,1-2,4H3;8-14H,1-5,7H3;7-14H,1-4,6H3;6-12H,1-3,5H3;5-12H,1-2,4H3/q5*+1. The van der Waals surface area contributed by atoms with Gasteiger partial charge in [-0.25, -0.2) is 47.1 Å². The van der Waals surface area contributed by atoms with Gasteiger partial charge in [0.15, 0.2) is 59.4 Å². The van der Waals surface area contributed by atoms with Crippen molar-refractivity contribution in [2.45, 2.75) is 154 Å². The predicted octanol–water partition coefficient (Wildman–Crippen LogP) is 26.9. The van der Waals surface area contributed by atoms with Gasteiger partial charge in [0.25, 0.3) is 0 Å². The SMILES string of the molecule is [C-]#[N+]c1ccc2c(-c3cc(C(C)(C)C)cc(C)c3C)[n+](C)ccc2c1.[C-]#[N+]c1ccc2c(-c3cc(C(C)C)cc(C)c3C)[n+](C)ccc2c1.[C-]#[N+]c1ccc2c(-c3cc(C)cc(C)c3C)[n+](C)ccc2c1.[C-]#[N+]c1ccc2c(-c3cc(C)ccc3C)[n+](C)ccc2c1.[C-]#[N+]c1ccc2c(-c3cc(C4CCCC4)cc(C)c3C)[n+](C)ccc2c1. The summed E-state index contributed by atoms with van der Waals surface area (Å²) in [4.78, 5) is 17.8. The summed E-state index contributed by atoms with van der Waals surface area (Å²) in [6.07, 6.45) is 15.8. The molecule has 0 N–H and O–H groups in total. The number of rotatable bonds is 7. The molecule has 1 aliphatic rings. The van der Waals surface area contributed by atoms with Crippen molar-refractivity contribution in [3.8, 4) is 56.3 Å². The van der Waals surface area contributed by atoms with E-state index in [1.54, 1.807) is 0 Å². The molecule has 0 aliphatic heterocycles. The van der Waals surface area contributed by atoms with Crippen LogP contribution in [0.3, 0.4) is 0 Å². The molecule has 0 unspecified atom stereocenters. The van der Waals surface area contributed by atoms with E-state index in [9.17, 15) is 0 Å². The summed E-state index contributed by atoms with van der Waals surface area (Å²) in [5.74, 6) is 1.21. The predicted molar refractivity (Wildman–Crippen MR) is 490 cm³/mol. The van der Waals surface area contributed by atoms with Crippen LogP contribution in [0.25, 0.3) is 134 Å². The van der Waals surface area contributed by atoms with Gasteiger partial charge >= 0.3 is 0 Å². The number of nitrogens with zero attached hydrogens (tertiary/aromatic N) is 10. The van der Waals surface area contributed by atoms with Crippen LogP contribution in [0.1, 0.15) is 150 Å². The minimum Gasteiger partial charge on any atom is -0.238 e. The Morgan fingerprint density at radius 3 is 0.958 bits per heavy atom. The third kappa shape index (κ3) is 17.7. The van der Waals surface area contributed by atoms with E-state index < -0.39 is 0 Å². The van der Waals surface area contributed by atoms with E-state index in [4.69, 9.17) is 32.9 Å². The van der Waals surface area contributed by atoms with Crippen molar-refractivity contribution < 1.29 is 22.8 Å². The molecule has 118 heavy (non-hydrogen) atoms. The Morgan fingerprint density at radius 1 is 0.305 bits per heavy atom. The van der Waals surface area contributed by atoms with Gasteiger partial charge in [0.1, 0.15) is 35.2 Å². The molecule has 586 valence electrons. The monoisotopic (exact) mass is 1550 g/mol. The van der Waals surface area contributed by atoms with Crippen molar-refractivity contribution in [3.63, 3.8) is 0 Å². The molecule has 1 saturated carbocycles. The molecule has 0 spiro atoms. The summed E-state index contributed by atoms with van der Waals surface area (Å²) in [6.45, 7) is 71.3. The van der Waals surface area contributed by atoms with Gasteiger partial charge in [-0.05, 0) is 261 Å². The fourth-order valence-electron chi connectivity index (χ4n) is 16.7. The summed E-state index contributed by atoms with van der Waals surface area (Å²) in [7, 11) is 10.5. The topological polar surface area (TPSA) is 41.2 Å². The van der Waals surface area contributed by atoms with Gasteiger partial charge in [0.2, 0.25) is 28.5 Å². The van der Waals surface area contributed by atoms with Gasteiger partial charge in [-0.15, -0.1) is 0 Å². The fourth-order valence-corrected chi connectivity index (χ4v) is 16.7. The summed E-state index contributed by atoms with van der Waals surface area (Å²) < 4.78 is 10.9. The summed E-state index contributed by atoms with van der Waals surface area (Å²) in [5, 5.41) is 11.5. The molecule has 0 saturated heterocycles. The maximum Gasteiger partial charge on any atom is 0.220 e. The quantitative estimate of drug-likeness (QED) is 0.113. The molecule has 10 nitrogen and oxygen atoms in total. The van der Waals surface area contributed by atoms with E-state index >= 15 is 0 Å². The first-order valence-corrected chi connectivity index (χ1v) is 40.8. The van der Waals surface area contributed by atoms with E-state index in [2.05, 4.69) is 351 Å². The first-order valence-electron chi connectivity index (χ1n) is 40.8. The highest BCUT2D eigenvalue weighted by atomic mass is 14.9. The summed E-state index contributed by atoms with van der Waals surface area (Å²) in [5.41, 5.74) is 34.6. The van der Waals surface area contributed by atoms with E-state index in [0.29, 0.717) is 40.3 Å². The normalized spacial score (nSPS) is 11.8. The first kappa shape index (κ1) is 84.1. The maximum absolute atomic E-state index is 7.28. The van der Waals surface area contributed by atoms with E-state index in [1.165, 1.54) is 187 Å². The summed E-state index contributed by atoms with van der Waals surface area (Å²) >= 11 is 0. The third-order valence-electron chi connectivity index (χ3n) is 24.1. The Kier molecular flexibility index (Phi) is 25.3. The van der Waals surface area contributed by atoms with Gasteiger partial charge in [-0.2, -0.15) is 0 Å². The fraction of sp³-hybridized carbons (Fsp3) is 0.259. The van der Waals surface area contributed by atoms with Gasteiger partial charge < -0.3 is 0 Å². The van der Waals surface area contributed by atoms with Gasteiger partial charge in [-0.1, -0.05) is 156 Å². The minimum absolute atomic E-state index is 0.105. The van der Waals surface area contributed by atoms with E-state index in [-0.39, 0.29) is 5.41 Å². The lowest BCUT2D eigenvalue weighted by atomic mass is 9.83. The van der Waals surface area contributed by atoms with Crippen LogP contribution in [0.4, 0.5) is 28.4 Å². The third-order valence-corrected chi connectivity index (χ3v) is 24.1. The lowest BCUT2D eigenvalue weighted by molar-refractivity contribution is -0.659. The van der Waals surface area contributed by atoms with Crippen LogP contribution in [0.15, 0.2) is 219 Å². The number of hydrogen-bond acceptors (Lipinski definition) is 0. The van der Waals surface area contributed by atoms with E-state index in [1.807, 2.05) is 60.7 Å². The molecular formula is C108H109N10+5. The molecule has 0 amide bonds. The molecule has 5 heterocycles. The molecule has 10 aromatic carbocycles. The van der Waals surface area contributed by atoms with Gasteiger partial charge in [0.05, 0.1) is 82.0 Å². The van der Waals surface area contributed by atoms with Crippen molar-refractivity contribution in [2.24, 2.45) is 35.2 Å². The molecule has 5 aromatic heterocycles. The highest BCUT2D eigenvalue weighted by Gasteiger charge is 2.28. The summed E-state index contributed by atoms with van der Waals surface area (Å²) in [6, 6.07) is 65.3. The number of hydrogen-bond donors (Lipinski definition) is 0. The van der Waals surface area contributed by atoms with Crippen LogP contribution in [0.5, 0.6) is 0 Å². The number of aryl methyl sites for hydroxylation is 12. The van der Waals surface area contributed by atoms with Crippen molar-refractivity contribution >= 4 is 82.3 Å². The van der Waals surface area contributed by atoms with Crippen LogP contribution in [0.2, 0.25) is 0 Å². The Labute approximate surface area is 700 Å². The molecular weight excluding hydrogens is 1440 g/mol. The van der Waals surface area contributed by atoms with Crippen LogP contribution in [-0.2, 0) is 40.7 Å². The molecule has 10 heteroatoms. The van der Waals surface area contributed by atoms with Crippen molar-refractivity contribution in [3.05, 3.63) is 354 Å². The zero-order chi connectivity index (χ0) is 84.9. The highest BCUT2D eigenvalue weighted by molar-refractivity contribution is 6.00.